The lowest BCUT2D eigenvalue weighted by Gasteiger charge is -2.07. The maximum Gasteiger partial charge on any atom is 0.0702 e. The minimum atomic E-state index is 0.888. The van der Waals surface area contributed by atoms with Crippen LogP contribution in [0, 0.1) is 13.8 Å². The van der Waals surface area contributed by atoms with Crippen molar-refractivity contribution in [3.05, 3.63) is 50.1 Å². The van der Waals surface area contributed by atoms with Crippen molar-refractivity contribution >= 4 is 33.0 Å². The van der Waals surface area contributed by atoms with Gasteiger partial charge in [-0.05, 0) is 65.2 Å². The predicted molar refractivity (Wildman–Crippen MR) is 75.3 cm³/mol. The van der Waals surface area contributed by atoms with E-state index in [1.165, 1.54) is 25.5 Å². The highest BCUT2D eigenvalue weighted by Crippen LogP contribution is 2.23. The second kappa shape index (κ2) is 5.02. The molecule has 1 N–H and O–H groups in total. The highest BCUT2D eigenvalue weighted by Gasteiger charge is 1.99. The van der Waals surface area contributed by atoms with Gasteiger partial charge in [0.2, 0.25) is 0 Å². The number of hydrogen-bond acceptors (Lipinski definition) is 2. The second-order valence-corrected chi connectivity index (χ2v) is 6.48. The fourth-order valence-corrected chi connectivity index (χ4v) is 3.14. The van der Waals surface area contributed by atoms with E-state index in [0.29, 0.717) is 0 Å². The van der Waals surface area contributed by atoms with Crippen LogP contribution in [0.5, 0.6) is 0 Å². The van der Waals surface area contributed by atoms with Crippen LogP contribution < -0.4 is 5.32 Å². The summed E-state index contributed by atoms with van der Waals surface area (Å²) in [6.07, 6.45) is 0. The Bertz CT molecular complexity index is 470. The Labute approximate surface area is 109 Å². The van der Waals surface area contributed by atoms with Gasteiger partial charge < -0.3 is 5.32 Å². The summed E-state index contributed by atoms with van der Waals surface area (Å²) >= 11 is 5.24. The summed E-state index contributed by atoms with van der Waals surface area (Å²) in [6, 6.07) is 10.8. The molecule has 2 aromatic rings. The van der Waals surface area contributed by atoms with Gasteiger partial charge in [-0.3, -0.25) is 0 Å². The summed E-state index contributed by atoms with van der Waals surface area (Å²) in [4.78, 5) is 1.34. The van der Waals surface area contributed by atoms with Crippen LogP contribution in [0.4, 0.5) is 5.69 Å². The third kappa shape index (κ3) is 3.09. The van der Waals surface area contributed by atoms with Gasteiger partial charge in [0.15, 0.2) is 0 Å². The van der Waals surface area contributed by atoms with Crippen LogP contribution in [0.25, 0.3) is 0 Å². The zero-order valence-corrected chi connectivity index (χ0v) is 11.8. The van der Waals surface area contributed by atoms with Crippen molar-refractivity contribution < 1.29 is 0 Å². The number of rotatable bonds is 3. The number of halogens is 1. The van der Waals surface area contributed by atoms with Gasteiger partial charge in [-0.1, -0.05) is 6.07 Å². The number of hydrogen-bond donors (Lipinski definition) is 1. The number of nitrogens with one attached hydrogen (secondary N) is 1. The molecule has 0 saturated carbocycles. The van der Waals surface area contributed by atoms with E-state index in [2.05, 4.69) is 65.4 Å². The van der Waals surface area contributed by atoms with Gasteiger partial charge in [-0.15, -0.1) is 11.3 Å². The molecule has 0 radical (unpaired) electrons. The SMILES string of the molecule is Cc1cc(C)cc(NCc2ccc(Br)s2)c1. The van der Waals surface area contributed by atoms with Crippen molar-refractivity contribution in [1.29, 1.82) is 0 Å². The molecule has 0 saturated heterocycles. The molecule has 1 aromatic carbocycles. The fourth-order valence-electron chi connectivity index (χ4n) is 1.71. The highest BCUT2D eigenvalue weighted by molar-refractivity contribution is 9.11. The molecule has 1 aromatic heterocycles. The molecule has 0 atom stereocenters. The molecule has 2 rings (SSSR count). The van der Waals surface area contributed by atoms with E-state index in [1.54, 1.807) is 11.3 Å². The smallest absolute Gasteiger partial charge is 0.0702 e. The van der Waals surface area contributed by atoms with E-state index in [4.69, 9.17) is 0 Å². The normalized spacial score (nSPS) is 10.4. The first kappa shape index (κ1) is 11.7. The zero-order chi connectivity index (χ0) is 11.5. The third-order valence-corrected chi connectivity index (χ3v) is 3.94. The van der Waals surface area contributed by atoms with Crippen molar-refractivity contribution in [2.75, 3.05) is 5.32 Å². The van der Waals surface area contributed by atoms with Gasteiger partial charge in [-0.2, -0.15) is 0 Å². The molecule has 0 aliphatic carbocycles. The summed E-state index contributed by atoms with van der Waals surface area (Å²) in [6.45, 7) is 5.14. The predicted octanol–water partition coefficient (Wildman–Crippen LogP) is 4.74. The topological polar surface area (TPSA) is 12.0 Å². The van der Waals surface area contributed by atoms with E-state index in [0.717, 1.165) is 6.54 Å². The van der Waals surface area contributed by atoms with Crippen molar-refractivity contribution in [3.8, 4) is 0 Å². The average Bonchev–Trinajstić information content (AvgIpc) is 2.60. The standard InChI is InChI=1S/C13H14BrNS/c1-9-5-10(2)7-11(6-9)15-8-12-3-4-13(14)16-12/h3-7,15H,8H2,1-2H3. The van der Waals surface area contributed by atoms with Crippen LogP contribution in [0.15, 0.2) is 34.1 Å². The molecule has 0 spiro atoms. The Balaban J connectivity index is 2.04. The van der Waals surface area contributed by atoms with E-state index in [-0.39, 0.29) is 0 Å². The van der Waals surface area contributed by atoms with Crippen LogP contribution in [0.1, 0.15) is 16.0 Å². The van der Waals surface area contributed by atoms with Gasteiger partial charge in [0.25, 0.3) is 0 Å². The van der Waals surface area contributed by atoms with E-state index >= 15 is 0 Å². The molecular formula is C13H14BrNS. The van der Waals surface area contributed by atoms with Crippen molar-refractivity contribution in [3.63, 3.8) is 0 Å². The number of aryl methyl sites for hydroxylation is 2. The van der Waals surface area contributed by atoms with Gasteiger partial charge in [0.05, 0.1) is 3.79 Å². The molecule has 3 heteroatoms. The van der Waals surface area contributed by atoms with Gasteiger partial charge in [0.1, 0.15) is 0 Å². The molecule has 0 unspecified atom stereocenters. The first-order valence-corrected chi connectivity index (χ1v) is 6.81. The fraction of sp³-hybridized carbons (Fsp3) is 0.231. The largest absolute Gasteiger partial charge is 0.380 e. The summed E-state index contributed by atoms with van der Waals surface area (Å²) in [5.41, 5.74) is 3.80. The summed E-state index contributed by atoms with van der Waals surface area (Å²) < 4.78 is 1.18. The Morgan fingerprint density at radius 1 is 1.12 bits per heavy atom. The van der Waals surface area contributed by atoms with Crippen LogP contribution in [-0.2, 0) is 6.54 Å². The van der Waals surface area contributed by atoms with Crippen LogP contribution >= 0.6 is 27.3 Å². The van der Waals surface area contributed by atoms with E-state index in [9.17, 15) is 0 Å². The first-order chi connectivity index (χ1) is 7.63. The molecule has 1 nitrogen and oxygen atoms in total. The molecule has 16 heavy (non-hydrogen) atoms. The number of benzene rings is 1. The molecule has 0 aliphatic heterocycles. The quantitative estimate of drug-likeness (QED) is 0.862. The van der Waals surface area contributed by atoms with E-state index in [1.807, 2.05) is 0 Å². The van der Waals surface area contributed by atoms with Crippen molar-refractivity contribution in [2.24, 2.45) is 0 Å². The lowest BCUT2D eigenvalue weighted by molar-refractivity contribution is 1.18. The highest BCUT2D eigenvalue weighted by atomic mass is 79.9. The minimum Gasteiger partial charge on any atom is -0.380 e. The lowest BCUT2D eigenvalue weighted by atomic mass is 10.1. The van der Waals surface area contributed by atoms with Crippen LogP contribution in [0.2, 0.25) is 0 Å². The van der Waals surface area contributed by atoms with Crippen molar-refractivity contribution in [1.82, 2.24) is 0 Å². The average molecular weight is 296 g/mol. The lowest BCUT2D eigenvalue weighted by Crippen LogP contribution is -1.97. The molecule has 0 aliphatic rings. The number of thiophene rings is 1. The summed E-state index contributed by atoms with van der Waals surface area (Å²) in [5.74, 6) is 0. The molecule has 0 fully saturated rings. The van der Waals surface area contributed by atoms with Gasteiger partial charge >= 0.3 is 0 Å². The maximum atomic E-state index is 3.47. The summed E-state index contributed by atoms with van der Waals surface area (Å²) in [7, 11) is 0. The molecule has 0 bridgehead atoms. The van der Waals surface area contributed by atoms with E-state index < -0.39 is 0 Å². The molecule has 0 amide bonds. The Hall–Kier alpha value is -0.800. The molecular weight excluding hydrogens is 282 g/mol. The summed E-state index contributed by atoms with van der Waals surface area (Å²) in [5, 5.41) is 3.45. The second-order valence-electron chi connectivity index (χ2n) is 3.94. The number of anilines is 1. The first-order valence-electron chi connectivity index (χ1n) is 5.20. The third-order valence-electron chi connectivity index (χ3n) is 2.32. The van der Waals surface area contributed by atoms with Crippen LogP contribution in [-0.4, -0.2) is 0 Å². The van der Waals surface area contributed by atoms with Gasteiger partial charge in [-0.25, -0.2) is 0 Å². The monoisotopic (exact) mass is 295 g/mol. The molecule has 1 heterocycles. The Morgan fingerprint density at radius 2 is 1.81 bits per heavy atom. The Morgan fingerprint density at radius 3 is 2.38 bits per heavy atom. The Kier molecular flexibility index (Phi) is 3.66. The van der Waals surface area contributed by atoms with Crippen LogP contribution in [0.3, 0.4) is 0 Å². The molecule has 84 valence electrons. The minimum absolute atomic E-state index is 0.888. The maximum absolute atomic E-state index is 3.47. The zero-order valence-electron chi connectivity index (χ0n) is 9.38. The van der Waals surface area contributed by atoms with Crippen molar-refractivity contribution in [2.45, 2.75) is 20.4 Å². The van der Waals surface area contributed by atoms with Gasteiger partial charge in [0, 0.05) is 17.1 Å².